The Balaban J connectivity index is 2.87. The Hall–Kier alpha value is -1.32. The number of rotatable bonds is 0. The first-order chi connectivity index (χ1) is 5.27. The Morgan fingerprint density at radius 2 is 2.18 bits per heavy atom. The minimum absolute atomic E-state index is 0.434. The lowest BCUT2D eigenvalue weighted by Gasteiger charge is -1.95. The Bertz CT molecular complexity index is 393. The van der Waals surface area contributed by atoms with E-state index in [1.54, 1.807) is 4.40 Å². The molecule has 0 amide bonds. The molecule has 0 saturated carbocycles. The van der Waals surface area contributed by atoms with E-state index >= 15 is 0 Å². The van der Waals surface area contributed by atoms with Crippen LogP contribution < -0.4 is 5.72 Å². The summed E-state index contributed by atoms with van der Waals surface area (Å²) in [5.74, 6) is 0. The predicted octanol–water partition coefficient (Wildman–Crippen LogP) is -0.168. The number of hydrogen-bond donors (Lipinski definition) is 0. The van der Waals surface area contributed by atoms with Gasteiger partial charge in [-0.25, -0.2) is 0 Å². The molecule has 11 heavy (non-hydrogen) atoms. The fourth-order valence-corrected chi connectivity index (χ4v) is 1.01. The zero-order chi connectivity index (χ0) is 7.84. The number of aryl methyl sites for hydroxylation is 1. The van der Waals surface area contributed by atoms with E-state index in [4.69, 9.17) is 7.85 Å². The average Bonchev–Trinajstić information content (AvgIpc) is 2.33. The smallest absolute Gasteiger partial charge is 0.170 e. The molecule has 52 valence electrons. The molecule has 0 fully saturated rings. The van der Waals surface area contributed by atoms with Crippen molar-refractivity contribution < 1.29 is 0 Å². The second-order valence-electron chi connectivity index (χ2n) is 2.49. The van der Waals surface area contributed by atoms with Crippen LogP contribution in [0.15, 0.2) is 18.3 Å². The molecule has 2 rings (SSSR count). The topological polar surface area (TPSA) is 30.2 Å². The zero-order valence-electron chi connectivity index (χ0n) is 6.15. The SMILES string of the molecule is [B]c1nnc2ccc(C)cn12. The van der Waals surface area contributed by atoms with Gasteiger partial charge in [0, 0.05) is 6.20 Å². The van der Waals surface area contributed by atoms with Crippen LogP contribution in [0.3, 0.4) is 0 Å². The molecule has 0 aliphatic rings. The van der Waals surface area contributed by atoms with Gasteiger partial charge in [0.2, 0.25) is 0 Å². The molecule has 0 N–H and O–H groups in total. The number of nitrogens with zero attached hydrogens (tertiary/aromatic N) is 3. The minimum atomic E-state index is 0.434. The molecular formula is C7H6BN3. The van der Waals surface area contributed by atoms with E-state index in [1.807, 2.05) is 25.3 Å². The molecule has 2 aromatic heterocycles. The van der Waals surface area contributed by atoms with E-state index < -0.39 is 0 Å². The maximum atomic E-state index is 5.53. The summed E-state index contributed by atoms with van der Waals surface area (Å²) >= 11 is 0. The molecule has 0 saturated heterocycles. The molecular weight excluding hydrogens is 137 g/mol. The monoisotopic (exact) mass is 143 g/mol. The second kappa shape index (κ2) is 2.08. The highest BCUT2D eigenvalue weighted by Gasteiger charge is 1.97. The maximum absolute atomic E-state index is 5.53. The van der Waals surface area contributed by atoms with Crippen molar-refractivity contribution in [3.8, 4) is 0 Å². The van der Waals surface area contributed by atoms with Gasteiger partial charge in [0.05, 0.1) is 5.72 Å². The summed E-state index contributed by atoms with van der Waals surface area (Å²) in [5.41, 5.74) is 2.36. The Morgan fingerprint density at radius 1 is 1.36 bits per heavy atom. The van der Waals surface area contributed by atoms with Crippen molar-refractivity contribution in [3.63, 3.8) is 0 Å². The van der Waals surface area contributed by atoms with Gasteiger partial charge in [0.1, 0.15) is 0 Å². The summed E-state index contributed by atoms with van der Waals surface area (Å²) in [4.78, 5) is 0. The van der Waals surface area contributed by atoms with Crippen LogP contribution in [0, 0.1) is 6.92 Å². The molecule has 0 unspecified atom stereocenters. The molecule has 4 heteroatoms. The highest BCUT2D eigenvalue weighted by atomic mass is 15.2. The largest absolute Gasteiger partial charge is 0.296 e. The maximum Gasteiger partial charge on any atom is 0.170 e. The van der Waals surface area contributed by atoms with Crippen molar-refractivity contribution in [2.45, 2.75) is 6.92 Å². The van der Waals surface area contributed by atoms with Gasteiger partial charge in [-0.2, -0.15) is 0 Å². The summed E-state index contributed by atoms with van der Waals surface area (Å²) in [7, 11) is 5.53. The van der Waals surface area contributed by atoms with E-state index in [0.29, 0.717) is 5.72 Å². The van der Waals surface area contributed by atoms with Crippen molar-refractivity contribution >= 4 is 19.2 Å². The van der Waals surface area contributed by atoms with Crippen LogP contribution in [0.4, 0.5) is 0 Å². The number of hydrogen-bond acceptors (Lipinski definition) is 2. The molecule has 0 spiro atoms. The Labute approximate surface area is 65.5 Å². The summed E-state index contributed by atoms with van der Waals surface area (Å²) in [6.07, 6.45) is 1.91. The van der Waals surface area contributed by atoms with Crippen molar-refractivity contribution in [1.29, 1.82) is 0 Å². The van der Waals surface area contributed by atoms with Gasteiger partial charge in [0.15, 0.2) is 13.5 Å². The molecule has 0 atom stereocenters. The van der Waals surface area contributed by atoms with Gasteiger partial charge >= 0.3 is 0 Å². The van der Waals surface area contributed by atoms with Gasteiger partial charge < -0.3 is 0 Å². The van der Waals surface area contributed by atoms with Crippen LogP contribution in [0.1, 0.15) is 5.56 Å². The third-order valence-corrected chi connectivity index (χ3v) is 1.58. The molecule has 0 aromatic carbocycles. The van der Waals surface area contributed by atoms with E-state index in [0.717, 1.165) is 11.2 Å². The first-order valence-corrected chi connectivity index (χ1v) is 3.34. The molecule has 2 heterocycles. The Kier molecular flexibility index (Phi) is 1.21. The number of pyridine rings is 1. The van der Waals surface area contributed by atoms with Crippen molar-refractivity contribution in [2.75, 3.05) is 0 Å². The summed E-state index contributed by atoms with van der Waals surface area (Å²) in [5, 5.41) is 7.57. The van der Waals surface area contributed by atoms with Crippen LogP contribution in [0.5, 0.6) is 0 Å². The fraction of sp³-hybridized carbons (Fsp3) is 0.143. The third-order valence-electron chi connectivity index (χ3n) is 1.58. The lowest BCUT2D eigenvalue weighted by Crippen LogP contribution is -2.12. The van der Waals surface area contributed by atoms with E-state index in [1.165, 1.54) is 0 Å². The van der Waals surface area contributed by atoms with Crippen LogP contribution in [0.25, 0.3) is 5.65 Å². The number of fused-ring (bicyclic) bond motifs is 1. The number of aromatic nitrogens is 3. The molecule has 2 aromatic rings. The highest BCUT2D eigenvalue weighted by molar-refractivity contribution is 6.29. The van der Waals surface area contributed by atoms with E-state index in [2.05, 4.69) is 10.2 Å². The molecule has 0 aliphatic heterocycles. The summed E-state index contributed by atoms with van der Waals surface area (Å²) in [6.45, 7) is 2.00. The third kappa shape index (κ3) is 0.907. The summed E-state index contributed by atoms with van der Waals surface area (Å²) < 4.78 is 1.76. The van der Waals surface area contributed by atoms with Crippen LogP contribution in [-0.2, 0) is 0 Å². The minimum Gasteiger partial charge on any atom is -0.296 e. The lowest BCUT2D eigenvalue weighted by atomic mass is 10.1. The van der Waals surface area contributed by atoms with Gasteiger partial charge in [-0.3, -0.25) is 4.40 Å². The first-order valence-electron chi connectivity index (χ1n) is 3.34. The van der Waals surface area contributed by atoms with Gasteiger partial charge in [-0.05, 0) is 18.6 Å². The predicted molar refractivity (Wildman–Crippen MR) is 43.1 cm³/mol. The molecule has 3 nitrogen and oxygen atoms in total. The summed E-state index contributed by atoms with van der Waals surface area (Å²) in [6, 6.07) is 3.86. The second-order valence-corrected chi connectivity index (χ2v) is 2.49. The quantitative estimate of drug-likeness (QED) is 0.479. The fourth-order valence-electron chi connectivity index (χ4n) is 1.01. The van der Waals surface area contributed by atoms with Crippen molar-refractivity contribution in [3.05, 3.63) is 23.9 Å². The molecule has 0 aliphatic carbocycles. The van der Waals surface area contributed by atoms with Crippen LogP contribution in [0.2, 0.25) is 0 Å². The normalized spacial score (nSPS) is 10.6. The van der Waals surface area contributed by atoms with Gasteiger partial charge in [-0.15, -0.1) is 10.2 Å². The van der Waals surface area contributed by atoms with Crippen LogP contribution >= 0.6 is 0 Å². The van der Waals surface area contributed by atoms with Gasteiger partial charge in [0.25, 0.3) is 0 Å². The Morgan fingerprint density at radius 3 is 3.00 bits per heavy atom. The zero-order valence-corrected chi connectivity index (χ0v) is 6.15. The van der Waals surface area contributed by atoms with E-state index in [9.17, 15) is 0 Å². The van der Waals surface area contributed by atoms with Gasteiger partial charge in [-0.1, -0.05) is 6.07 Å². The van der Waals surface area contributed by atoms with Crippen LogP contribution in [-0.4, -0.2) is 22.4 Å². The average molecular weight is 143 g/mol. The van der Waals surface area contributed by atoms with Crippen molar-refractivity contribution in [1.82, 2.24) is 14.6 Å². The first kappa shape index (κ1) is 6.40. The van der Waals surface area contributed by atoms with Crippen molar-refractivity contribution in [2.24, 2.45) is 0 Å². The molecule has 2 radical (unpaired) electrons. The standard InChI is InChI=1S/C7H6BN3/c1-5-2-3-6-9-10-7(8)11(6)4-5/h2-4H,1H3. The highest BCUT2D eigenvalue weighted by Crippen LogP contribution is 1.99. The lowest BCUT2D eigenvalue weighted by molar-refractivity contribution is 1.14. The molecule has 0 bridgehead atoms. The van der Waals surface area contributed by atoms with E-state index in [-0.39, 0.29) is 0 Å².